The highest BCUT2D eigenvalue weighted by Crippen LogP contribution is 2.29. The van der Waals surface area contributed by atoms with Crippen molar-refractivity contribution in [3.8, 4) is 0 Å². The highest BCUT2D eigenvalue weighted by Gasteiger charge is 2.37. The zero-order chi connectivity index (χ0) is 11.0. The molecule has 2 aliphatic heterocycles. The maximum atomic E-state index is 5.51. The first-order chi connectivity index (χ1) is 7.83. The maximum Gasteiger partial charge on any atom is 0.144 e. The molecule has 0 aliphatic carbocycles. The molecule has 1 aromatic heterocycles. The fourth-order valence-corrected chi connectivity index (χ4v) is 2.85. The topological polar surface area (TPSA) is 67.1 Å². The molecule has 2 saturated heterocycles. The molecule has 0 aromatic carbocycles. The van der Waals surface area contributed by atoms with Gasteiger partial charge in [0.1, 0.15) is 11.6 Å². The number of hydrogen-bond acceptors (Lipinski definition) is 5. The van der Waals surface area contributed by atoms with Crippen LogP contribution < -0.4 is 11.1 Å². The quantitative estimate of drug-likeness (QED) is 0.766. The van der Waals surface area contributed by atoms with Crippen molar-refractivity contribution in [1.29, 1.82) is 0 Å². The molecule has 0 radical (unpaired) electrons. The van der Waals surface area contributed by atoms with Gasteiger partial charge in [0, 0.05) is 18.6 Å². The SMILES string of the molecule is Nc1cnc(NC2CCN3CCCC23)cn1. The minimum Gasteiger partial charge on any atom is -0.382 e. The number of rotatable bonds is 2. The van der Waals surface area contributed by atoms with Gasteiger partial charge in [-0.3, -0.25) is 4.90 Å². The molecule has 1 aromatic rings. The maximum absolute atomic E-state index is 5.51. The summed E-state index contributed by atoms with van der Waals surface area (Å²) in [5, 5.41) is 3.47. The van der Waals surface area contributed by atoms with Crippen LogP contribution in [0.2, 0.25) is 0 Å². The average molecular weight is 219 g/mol. The number of nitrogens with two attached hydrogens (primary N) is 1. The fraction of sp³-hybridized carbons (Fsp3) is 0.636. The zero-order valence-electron chi connectivity index (χ0n) is 9.26. The van der Waals surface area contributed by atoms with E-state index in [1.54, 1.807) is 12.4 Å². The Hall–Kier alpha value is -1.36. The summed E-state index contributed by atoms with van der Waals surface area (Å²) in [5.74, 6) is 1.31. The fourth-order valence-electron chi connectivity index (χ4n) is 2.85. The molecule has 2 unspecified atom stereocenters. The van der Waals surface area contributed by atoms with Crippen molar-refractivity contribution in [2.75, 3.05) is 24.1 Å². The molecule has 2 fully saturated rings. The molecule has 0 bridgehead atoms. The number of fused-ring (bicyclic) bond motifs is 1. The van der Waals surface area contributed by atoms with Crippen LogP contribution in [0, 0.1) is 0 Å². The van der Waals surface area contributed by atoms with Gasteiger partial charge in [0.05, 0.1) is 12.4 Å². The van der Waals surface area contributed by atoms with Gasteiger partial charge in [-0.1, -0.05) is 0 Å². The van der Waals surface area contributed by atoms with Crippen molar-refractivity contribution in [2.45, 2.75) is 31.3 Å². The smallest absolute Gasteiger partial charge is 0.144 e. The van der Waals surface area contributed by atoms with Crippen LogP contribution in [0.15, 0.2) is 12.4 Å². The summed E-state index contributed by atoms with van der Waals surface area (Å²) >= 11 is 0. The minimum atomic E-state index is 0.472. The Morgan fingerprint density at radius 1 is 1.25 bits per heavy atom. The Kier molecular flexibility index (Phi) is 2.40. The van der Waals surface area contributed by atoms with Gasteiger partial charge in [0.25, 0.3) is 0 Å². The monoisotopic (exact) mass is 219 g/mol. The number of nitrogens with one attached hydrogen (secondary N) is 1. The van der Waals surface area contributed by atoms with Crippen LogP contribution in [0.4, 0.5) is 11.6 Å². The van der Waals surface area contributed by atoms with Crippen LogP contribution in [0.1, 0.15) is 19.3 Å². The number of nitrogen functional groups attached to an aromatic ring is 1. The molecule has 0 spiro atoms. The van der Waals surface area contributed by atoms with Gasteiger partial charge < -0.3 is 11.1 Å². The van der Waals surface area contributed by atoms with E-state index in [1.165, 1.54) is 32.4 Å². The molecule has 86 valence electrons. The average Bonchev–Trinajstić information content (AvgIpc) is 2.86. The molecule has 3 N–H and O–H groups in total. The van der Waals surface area contributed by atoms with Crippen LogP contribution in [0.5, 0.6) is 0 Å². The van der Waals surface area contributed by atoms with E-state index >= 15 is 0 Å². The highest BCUT2D eigenvalue weighted by atomic mass is 15.2. The molecule has 5 nitrogen and oxygen atoms in total. The largest absolute Gasteiger partial charge is 0.382 e. The van der Waals surface area contributed by atoms with Gasteiger partial charge in [0.15, 0.2) is 0 Å². The second-order valence-electron chi connectivity index (χ2n) is 4.61. The van der Waals surface area contributed by atoms with Crippen LogP contribution in [-0.4, -0.2) is 40.0 Å². The molecular weight excluding hydrogens is 202 g/mol. The highest BCUT2D eigenvalue weighted by molar-refractivity contribution is 5.37. The molecular formula is C11H17N5. The number of hydrogen-bond donors (Lipinski definition) is 2. The first-order valence-electron chi connectivity index (χ1n) is 5.91. The standard InChI is InChI=1S/C11H17N5/c12-10-6-14-11(7-13-10)15-8-3-5-16-4-1-2-9(8)16/h6-9H,1-5H2,(H2,12,13)(H,14,15). The lowest BCUT2D eigenvalue weighted by Crippen LogP contribution is -2.34. The van der Waals surface area contributed by atoms with Crippen LogP contribution in [-0.2, 0) is 0 Å². The predicted molar refractivity (Wildman–Crippen MR) is 63.1 cm³/mol. The van der Waals surface area contributed by atoms with E-state index in [9.17, 15) is 0 Å². The van der Waals surface area contributed by atoms with E-state index in [4.69, 9.17) is 5.73 Å². The first kappa shape index (κ1) is 9.84. The molecule has 16 heavy (non-hydrogen) atoms. The van der Waals surface area contributed by atoms with Crippen molar-refractivity contribution in [3.05, 3.63) is 12.4 Å². The summed E-state index contributed by atoms with van der Waals surface area (Å²) < 4.78 is 0. The normalized spacial score (nSPS) is 29.2. The van der Waals surface area contributed by atoms with Gasteiger partial charge in [-0.2, -0.15) is 0 Å². The minimum absolute atomic E-state index is 0.472. The Bertz CT molecular complexity index is 363. The van der Waals surface area contributed by atoms with Crippen LogP contribution >= 0.6 is 0 Å². The predicted octanol–water partition coefficient (Wildman–Crippen LogP) is 0.707. The molecule has 2 atom stereocenters. The number of aromatic nitrogens is 2. The Labute approximate surface area is 95.1 Å². The summed E-state index contributed by atoms with van der Waals surface area (Å²) in [6, 6.07) is 1.22. The third kappa shape index (κ3) is 1.71. The molecule has 3 heterocycles. The lowest BCUT2D eigenvalue weighted by atomic mass is 10.1. The molecule has 0 saturated carbocycles. The lowest BCUT2D eigenvalue weighted by Gasteiger charge is -2.21. The van der Waals surface area contributed by atoms with Crippen LogP contribution in [0.3, 0.4) is 0 Å². The zero-order valence-corrected chi connectivity index (χ0v) is 9.26. The Morgan fingerprint density at radius 3 is 3.00 bits per heavy atom. The summed E-state index contributed by atoms with van der Waals surface area (Å²) in [5.41, 5.74) is 5.51. The van der Waals surface area contributed by atoms with Gasteiger partial charge in [0.2, 0.25) is 0 Å². The van der Waals surface area contributed by atoms with Crippen LogP contribution in [0.25, 0.3) is 0 Å². The third-order valence-corrected chi connectivity index (χ3v) is 3.61. The molecule has 5 heteroatoms. The summed E-state index contributed by atoms with van der Waals surface area (Å²) in [6.07, 6.45) is 7.16. The Morgan fingerprint density at radius 2 is 2.19 bits per heavy atom. The summed E-state index contributed by atoms with van der Waals surface area (Å²) in [6.45, 7) is 2.47. The second kappa shape index (κ2) is 3.90. The number of anilines is 2. The van der Waals surface area contributed by atoms with Crippen molar-refractivity contribution in [1.82, 2.24) is 14.9 Å². The van der Waals surface area contributed by atoms with Crippen molar-refractivity contribution in [2.24, 2.45) is 0 Å². The van der Waals surface area contributed by atoms with Crippen molar-refractivity contribution >= 4 is 11.6 Å². The molecule has 2 aliphatic rings. The van der Waals surface area contributed by atoms with Gasteiger partial charge in [-0.05, 0) is 25.8 Å². The Balaban J connectivity index is 1.68. The lowest BCUT2D eigenvalue weighted by molar-refractivity contribution is 0.318. The molecule has 0 amide bonds. The summed E-state index contributed by atoms with van der Waals surface area (Å²) in [7, 11) is 0. The van der Waals surface area contributed by atoms with Crippen molar-refractivity contribution in [3.63, 3.8) is 0 Å². The van der Waals surface area contributed by atoms with E-state index in [0.29, 0.717) is 17.9 Å². The first-order valence-corrected chi connectivity index (χ1v) is 5.91. The van der Waals surface area contributed by atoms with E-state index in [0.717, 1.165) is 5.82 Å². The number of nitrogens with zero attached hydrogens (tertiary/aromatic N) is 3. The van der Waals surface area contributed by atoms with Gasteiger partial charge >= 0.3 is 0 Å². The van der Waals surface area contributed by atoms with Crippen molar-refractivity contribution < 1.29 is 0 Å². The molecule has 3 rings (SSSR count). The van der Waals surface area contributed by atoms with E-state index in [2.05, 4.69) is 20.2 Å². The summed E-state index contributed by atoms with van der Waals surface area (Å²) in [4.78, 5) is 10.9. The van der Waals surface area contributed by atoms with Gasteiger partial charge in [-0.25, -0.2) is 9.97 Å². The van der Waals surface area contributed by atoms with E-state index in [1.807, 2.05) is 0 Å². The van der Waals surface area contributed by atoms with Gasteiger partial charge in [-0.15, -0.1) is 0 Å². The van der Waals surface area contributed by atoms with E-state index in [-0.39, 0.29) is 0 Å². The van der Waals surface area contributed by atoms with E-state index < -0.39 is 0 Å². The third-order valence-electron chi connectivity index (χ3n) is 3.61. The second-order valence-corrected chi connectivity index (χ2v) is 4.61.